The molecule has 0 unspecified atom stereocenters. The van der Waals surface area contributed by atoms with Gasteiger partial charge in [0.05, 0.1) is 12.8 Å². The Morgan fingerprint density at radius 3 is 2.81 bits per heavy atom. The molecule has 1 aromatic heterocycles. The Hall–Kier alpha value is -2.07. The number of hydrogen-bond acceptors (Lipinski definition) is 4. The molecule has 112 valence electrons. The number of hydrogen-bond donors (Lipinski definition) is 1. The summed E-state index contributed by atoms with van der Waals surface area (Å²) in [5, 5.41) is 3.39. The minimum Gasteiger partial charge on any atom is -0.497 e. The number of ether oxygens (including phenoxy) is 2. The molecule has 4 nitrogen and oxygen atoms in total. The van der Waals surface area contributed by atoms with Crippen molar-refractivity contribution >= 4 is 0 Å². The molecule has 2 aromatic rings. The Morgan fingerprint density at radius 2 is 2.10 bits per heavy atom. The first-order chi connectivity index (χ1) is 10.3. The van der Waals surface area contributed by atoms with E-state index in [1.165, 1.54) is 0 Å². The van der Waals surface area contributed by atoms with Crippen molar-refractivity contribution in [2.45, 2.75) is 26.5 Å². The molecule has 0 aliphatic carbocycles. The summed E-state index contributed by atoms with van der Waals surface area (Å²) in [5.41, 5.74) is 2.01. The molecule has 0 spiro atoms. The number of benzene rings is 1. The molecule has 0 saturated carbocycles. The van der Waals surface area contributed by atoms with Crippen LogP contribution in [0.5, 0.6) is 11.5 Å². The van der Waals surface area contributed by atoms with E-state index < -0.39 is 0 Å². The molecule has 0 aliphatic rings. The van der Waals surface area contributed by atoms with Gasteiger partial charge in [0.1, 0.15) is 18.1 Å². The Bertz CT molecular complexity index is 544. The van der Waals surface area contributed by atoms with E-state index in [-0.39, 0.29) is 0 Å². The molecule has 1 N–H and O–H groups in total. The first-order valence-corrected chi connectivity index (χ1v) is 7.24. The highest BCUT2D eigenvalue weighted by Gasteiger charge is 2.06. The lowest BCUT2D eigenvalue weighted by atomic mass is 10.2. The second-order valence-electron chi connectivity index (χ2n) is 4.76. The second kappa shape index (κ2) is 8.27. The lowest BCUT2D eigenvalue weighted by molar-refractivity contribution is 0.296. The first-order valence-electron chi connectivity index (χ1n) is 7.24. The third kappa shape index (κ3) is 4.76. The van der Waals surface area contributed by atoms with Crippen molar-refractivity contribution in [1.82, 2.24) is 10.3 Å². The monoisotopic (exact) mass is 286 g/mol. The predicted octanol–water partition coefficient (Wildman–Crippen LogP) is 3.17. The van der Waals surface area contributed by atoms with Gasteiger partial charge in [-0.05, 0) is 43.3 Å². The largest absolute Gasteiger partial charge is 0.497 e. The van der Waals surface area contributed by atoms with Gasteiger partial charge >= 0.3 is 0 Å². The first kappa shape index (κ1) is 15.3. The summed E-state index contributed by atoms with van der Waals surface area (Å²) < 4.78 is 11.2. The van der Waals surface area contributed by atoms with Crippen LogP contribution in [0.3, 0.4) is 0 Å². The second-order valence-corrected chi connectivity index (χ2v) is 4.76. The van der Waals surface area contributed by atoms with E-state index in [2.05, 4.69) is 17.2 Å². The molecule has 21 heavy (non-hydrogen) atoms. The normalized spacial score (nSPS) is 10.4. The molecule has 0 amide bonds. The topological polar surface area (TPSA) is 43.4 Å². The summed E-state index contributed by atoms with van der Waals surface area (Å²) in [5.74, 6) is 1.71. The molecular weight excluding hydrogens is 264 g/mol. The summed E-state index contributed by atoms with van der Waals surface area (Å²) >= 11 is 0. The fraction of sp³-hybridized carbons (Fsp3) is 0.353. The number of pyridine rings is 1. The minimum atomic E-state index is 0.466. The van der Waals surface area contributed by atoms with Gasteiger partial charge in [0.15, 0.2) is 0 Å². The third-order valence-corrected chi connectivity index (χ3v) is 3.11. The van der Waals surface area contributed by atoms with Crippen molar-refractivity contribution in [1.29, 1.82) is 0 Å². The van der Waals surface area contributed by atoms with Crippen molar-refractivity contribution in [3.63, 3.8) is 0 Å². The summed E-state index contributed by atoms with van der Waals surface area (Å²) in [6.45, 7) is 4.37. The third-order valence-electron chi connectivity index (χ3n) is 3.11. The van der Waals surface area contributed by atoms with Crippen molar-refractivity contribution < 1.29 is 9.47 Å². The Kier molecular flexibility index (Phi) is 6.03. The summed E-state index contributed by atoms with van der Waals surface area (Å²) in [6.07, 6.45) is 2.88. The molecule has 0 radical (unpaired) electrons. The molecule has 1 heterocycles. The van der Waals surface area contributed by atoms with Crippen molar-refractivity contribution in [3.8, 4) is 11.5 Å². The molecule has 0 bridgehead atoms. The molecule has 0 fully saturated rings. The lowest BCUT2D eigenvalue weighted by Crippen LogP contribution is -2.14. The number of nitrogens with zero attached hydrogens (tertiary/aromatic N) is 1. The zero-order valence-electron chi connectivity index (χ0n) is 12.6. The van der Waals surface area contributed by atoms with Crippen LogP contribution in [-0.2, 0) is 13.2 Å². The molecule has 0 saturated heterocycles. The number of methoxy groups -OCH3 is 1. The number of nitrogens with one attached hydrogen (secondary N) is 1. The fourth-order valence-corrected chi connectivity index (χ4v) is 2.00. The summed E-state index contributed by atoms with van der Waals surface area (Å²) in [6, 6.07) is 11.7. The molecule has 1 aromatic carbocycles. The lowest BCUT2D eigenvalue weighted by Gasteiger charge is -2.13. The Labute approximate surface area is 126 Å². The molecular formula is C17H22N2O2. The molecule has 0 atom stereocenters. The minimum absolute atomic E-state index is 0.466. The van der Waals surface area contributed by atoms with Crippen LogP contribution in [0.1, 0.15) is 24.6 Å². The van der Waals surface area contributed by atoms with Crippen LogP contribution in [0.2, 0.25) is 0 Å². The maximum absolute atomic E-state index is 5.90. The average molecular weight is 286 g/mol. The smallest absolute Gasteiger partial charge is 0.130 e. The van der Waals surface area contributed by atoms with E-state index in [1.807, 2.05) is 36.4 Å². The van der Waals surface area contributed by atoms with Gasteiger partial charge < -0.3 is 14.8 Å². The van der Waals surface area contributed by atoms with E-state index >= 15 is 0 Å². The van der Waals surface area contributed by atoms with Crippen LogP contribution >= 0.6 is 0 Å². The van der Waals surface area contributed by atoms with Gasteiger partial charge in [-0.3, -0.25) is 4.98 Å². The summed E-state index contributed by atoms with van der Waals surface area (Å²) in [7, 11) is 1.67. The number of aromatic nitrogens is 1. The van der Waals surface area contributed by atoms with Crippen LogP contribution in [0, 0.1) is 0 Å². The van der Waals surface area contributed by atoms with Gasteiger partial charge in [-0.15, -0.1) is 0 Å². The quantitative estimate of drug-likeness (QED) is 0.757. The van der Waals surface area contributed by atoms with Crippen LogP contribution in [-0.4, -0.2) is 18.6 Å². The summed E-state index contributed by atoms with van der Waals surface area (Å²) in [4.78, 5) is 4.27. The fourth-order valence-electron chi connectivity index (χ4n) is 2.00. The van der Waals surface area contributed by atoms with Gasteiger partial charge in [0.2, 0.25) is 0 Å². The van der Waals surface area contributed by atoms with E-state index in [0.717, 1.165) is 42.3 Å². The van der Waals surface area contributed by atoms with E-state index in [1.54, 1.807) is 13.3 Å². The van der Waals surface area contributed by atoms with Gasteiger partial charge in [0.25, 0.3) is 0 Å². The predicted molar refractivity (Wildman–Crippen MR) is 83.6 cm³/mol. The van der Waals surface area contributed by atoms with Crippen molar-refractivity contribution in [2.75, 3.05) is 13.7 Å². The van der Waals surface area contributed by atoms with E-state index in [9.17, 15) is 0 Å². The van der Waals surface area contributed by atoms with Crippen LogP contribution in [0.15, 0.2) is 42.6 Å². The zero-order chi connectivity index (χ0) is 14.9. The van der Waals surface area contributed by atoms with Crippen LogP contribution in [0.25, 0.3) is 0 Å². The highest BCUT2D eigenvalue weighted by molar-refractivity contribution is 5.40. The molecule has 4 heteroatoms. The van der Waals surface area contributed by atoms with Gasteiger partial charge in [0, 0.05) is 18.3 Å². The highest BCUT2D eigenvalue weighted by atomic mass is 16.5. The van der Waals surface area contributed by atoms with E-state index in [4.69, 9.17) is 9.47 Å². The maximum Gasteiger partial charge on any atom is 0.130 e. The van der Waals surface area contributed by atoms with E-state index in [0.29, 0.717) is 6.61 Å². The maximum atomic E-state index is 5.90. The number of rotatable bonds is 8. The van der Waals surface area contributed by atoms with Gasteiger partial charge in [-0.1, -0.05) is 13.0 Å². The molecule has 0 aliphatic heterocycles. The van der Waals surface area contributed by atoms with Crippen molar-refractivity contribution in [3.05, 3.63) is 53.9 Å². The zero-order valence-corrected chi connectivity index (χ0v) is 12.6. The Balaban J connectivity index is 2.05. The van der Waals surface area contributed by atoms with Crippen LogP contribution < -0.4 is 14.8 Å². The Morgan fingerprint density at radius 1 is 1.19 bits per heavy atom. The van der Waals surface area contributed by atoms with Gasteiger partial charge in [-0.25, -0.2) is 0 Å². The SMILES string of the molecule is CCCNCc1cc(OC)ccc1OCc1ccccn1. The average Bonchev–Trinajstić information content (AvgIpc) is 2.54. The van der Waals surface area contributed by atoms with Crippen molar-refractivity contribution in [2.24, 2.45) is 0 Å². The van der Waals surface area contributed by atoms with Crippen LogP contribution in [0.4, 0.5) is 0 Å². The van der Waals surface area contributed by atoms with Gasteiger partial charge in [-0.2, -0.15) is 0 Å². The standard InChI is InChI=1S/C17H22N2O2/c1-3-9-18-12-14-11-16(20-2)7-8-17(14)21-13-15-6-4-5-10-19-15/h4-8,10-11,18H,3,9,12-13H2,1-2H3. The highest BCUT2D eigenvalue weighted by Crippen LogP contribution is 2.24. The molecule has 2 rings (SSSR count).